The maximum atomic E-state index is 12.0. The summed E-state index contributed by atoms with van der Waals surface area (Å²) in [4.78, 5) is 24.4. The number of rotatable bonds is 5. The molecule has 0 unspecified atom stereocenters. The maximum absolute atomic E-state index is 12.0. The number of hydrogen-bond donors (Lipinski definition) is 1. The third-order valence-electron chi connectivity index (χ3n) is 3.46. The largest absolute Gasteiger partial charge is 0.497 e. The molecule has 120 valence electrons. The quantitative estimate of drug-likeness (QED) is 0.781. The molecule has 6 heteroatoms. The minimum atomic E-state index is -0.187. The predicted molar refractivity (Wildman–Crippen MR) is 89.4 cm³/mol. The summed E-state index contributed by atoms with van der Waals surface area (Å²) in [7, 11) is 1.63. The molecule has 0 fully saturated rings. The summed E-state index contributed by atoms with van der Waals surface area (Å²) in [6, 6.07) is 12.9. The van der Waals surface area contributed by atoms with Crippen LogP contribution in [-0.4, -0.2) is 28.0 Å². The number of pyridine rings is 1. The summed E-state index contributed by atoms with van der Waals surface area (Å²) in [6.45, 7) is 0.319. The second-order valence-corrected chi connectivity index (χ2v) is 5.05. The number of carbonyl (C=O) groups is 1. The van der Waals surface area contributed by atoms with Crippen molar-refractivity contribution in [2.45, 2.75) is 6.54 Å². The molecule has 0 bridgehead atoms. The van der Waals surface area contributed by atoms with Gasteiger partial charge in [-0.15, -0.1) is 0 Å². The van der Waals surface area contributed by atoms with Gasteiger partial charge in [0.25, 0.3) is 5.91 Å². The van der Waals surface area contributed by atoms with Gasteiger partial charge >= 0.3 is 0 Å². The Balaban J connectivity index is 1.70. The van der Waals surface area contributed by atoms with Crippen molar-refractivity contribution in [1.82, 2.24) is 20.3 Å². The van der Waals surface area contributed by atoms with Gasteiger partial charge in [-0.05, 0) is 42.5 Å². The van der Waals surface area contributed by atoms with E-state index in [0.29, 0.717) is 12.1 Å². The van der Waals surface area contributed by atoms with Gasteiger partial charge in [0.05, 0.1) is 30.6 Å². The molecule has 0 saturated carbocycles. The molecule has 3 aromatic rings. The van der Waals surface area contributed by atoms with Crippen molar-refractivity contribution in [3.8, 4) is 17.0 Å². The second-order valence-electron chi connectivity index (χ2n) is 5.05. The van der Waals surface area contributed by atoms with Gasteiger partial charge in [-0.2, -0.15) is 0 Å². The van der Waals surface area contributed by atoms with Crippen LogP contribution < -0.4 is 10.1 Å². The molecule has 2 heterocycles. The molecule has 1 amide bonds. The summed E-state index contributed by atoms with van der Waals surface area (Å²) in [6.07, 6.45) is 4.64. The van der Waals surface area contributed by atoms with Crippen molar-refractivity contribution in [1.29, 1.82) is 0 Å². The van der Waals surface area contributed by atoms with E-state index >= 15 is 0 Å². The van der Waals surface area contributed by atoms with Crippen LogP contribution in [0.5, 0.6) is 5.75 Å². The van der Waals surface area contributed by atoms with E-state index < -0.39 is 0 Å². The van der Waals surface area contributed by atoms with Crippen LogP contribution in [0, 0.1) is 0 Å². The molecule has 0 aliphatic rings. The first-order valence-corrected chi connectivity index (χ1v) is 7.40. The van der Waals surface area contributed by atoms with Gasteiger partial charge in [0.2, 0.25) is 0 Å². The number of nitrogens with one attached hydrogen (secondary N) is 1. The molecular weight excluding hydrogens is 304 g/mol. The predicted octanol–water partition coefficient (Wildman–Crippen LogP) is 2.48. The van der Waals surface area contributed by atoms with Gasteiger partial charge in [0.1, 0.15) is 12.1 Å². The Morgan fingerprint density at radius 2 is 2.00 bits per heavy atom. The first kappa shape index (κ1) is 15.6. The number of amides is 1. The number of methoxy groups -OCH3 is 1. The van der Waals surface area contributed by atoms with Crippen molar-refractivity contribution < 1.29 is 9.53 Å². The monoisotopic (exact) mass is 320 g/mol. The van der Waals surface area contributed by atoms with Crippen LogP contribution in [0.4, 0.5) is 0 Å². The lowest BCUT2D eigenvalue weighted by Gasteiger charge is -2.07. The third-order valence-corrected chi connectivity index (χ3v) is 3.46. The summed E-state index contributed by atoms with van der Waals surface area (Å²) in [5.74, 6) is 0.601. The zero-order valence-corrected chi connectivity index (χ0v) is 13.1. The van der Waals surface area contributed by atoms with Gasteiger partial charge in [0.15, 0.2) is 0 Å². The van der Waals surface area contributed by atoms with Gasteiger partial charge in [-0.1, -0.05) is 0 Å². The van der Waals surface area contributed by atoms with Gasteiger partial charge in [0, 0.05) is 18.0 Å². The standard InChI is InChI=1S/C18H16N4O2/c1-24-16-6-4-13(5-7-16)17-9-15(21-12-22-17)11-20-18(23)14-3-2-8-19-10-14/h2-10,12H,11H2,1H3,(H,20,23). The molecule has 2 aromatic heterocycles. The highest BCUT2D eigenvalue weighted by Gasteiger charge is 2.07. The minimum Gasteiger partial charge on any atom is -0.497 e. The van der Waals surface area contributed by atoms with E-state index in [0.717, 1.165) is 22.7 Å². The zero-order valence-electron chi connectivity index (χ0n) is 13.1. The van der Waals surface area contributed by atoms with Crippen LogP contribution in [0.15, 0.2) is 61.2 Å². The van der Waals surface area contributed by atoms with E-state index in [1.807, 2.05) is 30.3 Å². The third kappa shape index (κ3) is 3.73. The highest BCUT2D eigenvalue weighted by molar-refractivity contribution is 5.93. The fourth-order valence-corrected chi connectivity index (χ4v) is 2.18. The Hall–Kier alpha value is -3.28. The molecule has 6 nitrogen and oxygen atoms in total. The maximum Gasteiger partial charge on any atom is 0.253 e. The van der Waals surface area contributed by atoms with Crippen molar-refractivity contribution in [2.75, 3.05) is 7.11 Å². The minimum absolute atomic E-state index is 0.187. The molecule has 0 aliphatic carbocycles. The van der Waals surface area contributed by atoms with E-state index in [-0.39, 0.29) is 5.91 Å². The molecule has 0 spiro atoms. The zero-order chi connectivity index (χ0) is 16.8. The van der Waals surface area contributed by atoms with Crippen molar-refractivity contribution in [3.63, 3.8) is 0 Å². The average molecular weight is 320 g/mol. The van der Waals surface area contributed by atoms with E-state index in [1.54, 1.807) is 25.4 Å². The first-order valence-electron chi connectivity index (χ1n) is 7.40. The van der Waals surface area contributed by atoms with Gasteiger partial charge < -0.3 is 10.1 Å². The van der Waals surface area contributed by atoms with Crippen molar-refractivity contribution in [3.05, 3.63) is 72.4 Å². The van der Waals surface area contributed by atoms with E-state index in [9.17, 15) is 4.79 Å². The second kappa shape index (κ2) is 7.32. The van der Waals surface area contributed by atoms with Crippen LogP contribution >= 0.6 is 0 Å². The number of ether oxygens (including phenoxy) is 1. The number of benzene rings is 1. The fourth-order valence-electron chi connectivity index (χ4n) is 2.18. The summed E-state index contributed by atoms with van der Waals surface area (Å²) >= 11 is 0. The highest BCUT2D eigenvalue weighted by atomic mass is 16.5. The molecule has 3 rings (SSSR count). The smallest absolute Gasteiger partial charge is 0.253 e. The average Bonchev–Trinajstić information content (AvgIpc) is 2.67. The molecule has 0 atom stereocenters. The molecule has 1 aromatic carbocycles. The Morgan fingerprint density at radius 3 is 2.71 bits per heavy atom. The van der Waals surface area contributed by atoms with Gasteiger partial charge in [-0.25, -0.2) is 9.97 Å². The van der Waals surface area contributed by atoms with Crippen molar-refractivity contribution in [2.24, 2.45) is 0 Å². The Morgan fingerprint density at radius 1 is 1.17 bits per heavy atom. The van der Waals surface area contributed by atoms with E-state index in [1.165, 1.54) is 12.5 Å². The Labute approximate surface area is 139 Å². The van der Waals surface area contributed by atoms with E-state index in [4.69, 9.17) is 4.74 Å². The summed E-state index contributed by atoms with van der Waals surface area (Å²) in [5.41, 5.74) is 2.99. The molecule has 0 radical (unpaired) electrons. The lowest BCUT2D eigenvalue weighted by Crippen LogP contribution is -2.23. The van der Waals surface area contributed by atoms with Crippen LogP contribution in [-0.2, 0) is 6.54 Å². The van der Waals surface area contributed by atoms with E-state index in [2.05, 4.69) is 20.3 Å². The topological polar surface area (TPSA) is 77.0 Å². The fraction of sp³-hybridized carbons (Fsp3) is 0.111. The van der Waals surface area contributed by atoms with Gasteiger partial charge in [-0.3, -0.25) is 9.78 Å². The van der Waals surface area contributed by atoms with Crippen LogP contribution in [0.1, 0.15) is 16.1 Å². The highest BCUT2D eigenvalue weighted by Crippen LogP contribution is 2.20. The Bertz CT molecular complexity index is 820. The summed E-state index contributed by atoms with van der Waals surface area (Å²) < 4.78 is 5.15. The molecule has 1 N–H and O–H groups in total. The Kier molecular flexibility index (Phi) is 4.76. The normalized spacial score (nSPS) is 10.2. The number of hydrogen-bond acceptors (Lipinski definition) is 5. The van der Waals surface area contributed by atoms with Crippen LogP contribution in [0.3, 0.4) is 0 Å². The molecule has 24 heavy (non-hydrogen) atoms. The number of carbonyl (C=O) groups excluding carboxylic acids is 1. The van der Waals surface area contributed by atoms with Crippen LogP contribution in [0.25, 0.3) is 11.3 Å². The molecular formula is C18H16N4O2. The number of aromatic nitrogens is 3. The SMILES string of the molecule is COc1ccc(-c2cc(CNC(=O)c3cccnc3)ncn2)cc1. The summed E-state index contributed by atoms with van der Waals surface area (Å²) in [5, 5.41) is 2.82. The lowest BCUT2D eigenvalue weighted by atomic mass is 10.1. The first-order chi connectivity index (χ1) is 11.8. The lowest BCUT2D eigenvalue weighted by molar-refractivity contribution is 0.0950. The molecule has 0 aliphatic heterocycles. The molecule has 0 saturated heterocycles. The number of nitrogens with zero attached hydrogens (tertiary/aromatic N) is 3. The van der Waals surface area contributed by atoms with Crippen LogP contribution in [0.2, 0.25) is 0 Å². The van der Waals surface area contributed by atoms with Crippen molar-refractivity contribution >= 4 is 5.91 Å².